The summed E-state index contributed by atoms with van der Waals surface area (Å²) in [5.74, 6) is -19.3. The van der Waals surface area contributed by atoms with Gasteiger partial charge >= 0.3 is 23.9 Å². The zero-order valence-corrected chi connectivity index (χ0v) is 15.6. The van der Waals surface area contributed by atoms with Crippen molar-refractivity contribution in [2.45, 2.75) is 69.1 Å². The fourth-order valence-corrected chi connectivity index (χ4v) is 2.64. The number of alkyl halides is 9. The van der Waals surface area contributed by atoms with E-state index in [0.717, 1.165) is 14.0 Å². The first-order chi connectivity index (χ1) is 12.5. The van der Waals surface area contributed by atoms with Crippen LogP contribution in [0.5, 0.6) is 0 Å². The van der Waals surface area contributed by atoms with Gasteiger partial charge in [-0.25, -0.2) is 0 Å². The predicted molar refractivity (Wildman–Crippen MR) is 85.0 cm³/mol. The van der Waals surface area contributed by atoms with E-state index >= 15 is 0 Å². The second-order valence-corrected chi connectivity index (χ2v) is 6.90. The molecule has 0 bridgehead atoms. The van der Waals surface area contributed by atoms with Crippen LogP contribution in [0.25, 0.3) is 0 Å². The summed E-state index contributed by atoms with van der Waals surface area (Å²) in [5, 5.41) is 0. The van der Waals surface area contributed by atoms with Crippen molar-refractivity contribution in [3.8, 4) is 0 Å². The molecular formula is C18H21F9O. The number of rotatable bonds is 8. The van der Waals surface area contributed by atoms with Crippen molar-refractivity contribution >= 4 is 0 Å². The van der Waals surface area contributed by atoms with Crippen LogP contribution in [0.4, 0.5) is 39.5 Å². The molecule has 0 aliphatic rings. The molecular weight excluding hydrogens is 403 g/mol. The van der Waals surface area contributed by atoms with E-state index in [1.807, 2.05) is 13.8 Å². The molecule has 0 aliphatic heterocycles. The van der Waals surface area contributed by atoms with E-state index in [0.29, 0.717) is 12.0 Å². The van der Waals surface area contributed by atoms with Crippen molar-refractivity contribution < 1.29 is 44.3 Å². The van der Waals surface area contributed by atoms with Crippen molar-refractivity contribution in [3.63, 3.8) is 0 Å². The van der Waals surface area contributed by atoms with E-state index in [9.17, 15) is 39.5 Å². The van der Waals surface area contributed by atoms with Gasteiger partial charge in [0.1, 0.15) is 0 Å². The highest BCUT2D eigenvalue weighted by Crippen LogP contribution is 2.56. The van der Waals surface area contributed by atoms with Crippen LogP contribution >= 0.6 is 0 Å². The number of hydrogen-bond acceptors (Lipinski definition) is 1. The van der Waals surface area contributed by atoms with Gasteiger partial charge in [-0.1, -0.05) is 38.1 Å². The summed E-state index contributed by atoms with van der Waals surface area (Å²) in [6, 6.07) is 5.73. The molecule has 0 heterocycles. The van der Waals surface area contributed by atoms with E-state index in [4.69, 9.17) is 4.74 Å². The molecule has 2 atom stereocenters. The summed E-state index contributed by atoms with van der Waals surface area (Å²) >= 11 is 0. The monoisotopic (exact) mass is 424 g/mol. The number of hydrogen-bond donors (Lipinski definition) is 0. The van der Waals surface area contributed by atoms with Gasteiger partial charge in [-0.05, 0) is 30.4 Å². The van der Waals surface area contributed by atoms with Crippen molar-refractivity contribution in [1.29, 1.82) is 0 Å². The lowest BCUT2D eigenvalue weighted by atomic mass is 9.84. The third-order valence-electron chi connectivity index (χ3n) is 4.90. The van der Waals surface area contributed by atoms with Gasteiger partial charge in [0.2, 0.25) is 0 Å². The maximum absolute atomic E-state index is 14.1. The quantitative estimate of drug-likeness (QED) is 0.412. The zero-order valence-electron chi connectivity index (χ0n) is 15.6. The molecule has 0 fully saturated rings. The largest absolute Gasteiger partial charge is 0.460 e. The van der Waals surface area contributed by atoms with Crippen LogP contribution in [-0.2, 0) is 10.3 Å². The molecule has 0 spiro atoms. The molecule has 1 nitrogen and oxygen atoms in total. The molecule has 10 heteroatoms. The van der Waals surface area contributed by atoms with E-state index < -0.39 is 36.0 Å². The summed E-state index contributed by atoms with van der Waals surface area (Å²) in [6.45, 7) is 4.59. The van der Waals surface area contributed by atoms with Crippen LogP contribution in [0.2, 0.25) is 0 Å². The third-order valence-corrected chi connectivity index (χ3v) is 4.90. The molecule has 2 unspecified atom stereocenters. The minimum atomic E-state index is -6.92. The molecule has 0 radical (unpaired) electrons. The first-order valence-electron chi connectivity index (χ1n) is 8.32. The van der Waals surface area contributed by atoms with Crippen LogP contribution in [0.1, 0.15) is 50.7 Å². The van der Waals surface area contributed by atoms with E-state index in [-0.39, 0.29) is 11.5 Å². The highest BCUT2D eigenvalue weighted by atomic mass is 19.4. The van der Waals surface area contributed by atoms with Gasteiger partial charge in [0.15, 0.2) is 0 Å². The van der Waals surface area contributed by atoms with Gasteiger partial charge in [-0.15, -0.1) is 0 Å². The summed E-state index contributed by atoms with van der Waals surface area (Å²) in [7, 11) is 0.881. The van der Waals surface area contributed by atoms with Gasteiger partial charge in [0.25, 0.3) is 0 Å². The lowest BCUT2D eigenvalue weighted by Crippen LogP contribution is -2.62. The number of benzene rings is 1. The third kappa shape index (κ3) is 4.26. The van der Waals surface area contributed by atoms with Gasteiger partial charge in [-0.3, -0.25) is 0 Å². The average molecular weight is 424 g/mol. The Labute approximate surface area is 156 Å². The van der Waals surface area contributed by atoms with Gasteiger partial charge in [0.05, 0.1) is 12.0 Å². The summed E-state index contributed by atoms with van der Waals surface area (Å²) in [4.78, 5) is 0. The summed E-state index contributed by atoms with van der Waals surface area (Å²) < 4.78 is 123. The number of ether oxygens (including phenoxy) is 1. The topological polar surface area (TPSA) is 9.23 Å². The Kier molecular flexibility index (Phi) is 6.81. The fraction of sp³-hybridized carbons (Fsp3) is 0.667. The van der Waals surface area contributed by atoms with Gasteiger partial charge in [-0.2, -0.15) is 39.5 Å². The molecule has 0 N–H and O–H groups in total. The molecule has 0 aliphatic carbocycles. The molecule has 1 aromatic rings. The predicted octanol–water partition coefficient (Wildman–Crippen LogP) is 6.92. The molecule has 1 rings (SSSR count). The first-order valence-corrected chi connectivity index (χ1v) is 8.32. The Morgan fingerprint density at radius 3 is 1.89 bits per heavy atom. The highest BCUT2D eigenvalue weighted by Gasteiger charge is 2.82. The normalized spacial score (nSPS) is 17.3. The molecule has 0 amide bonds. The first kappa shape index (κ1) is 24.6. The molecule has 0 saturated heterocycles. The Morgan fingerprint density at radius 1 is 0.929 bits per heavy atom. The molecule has 28 heavy (non-hydrogen) atoms. The fourth-order valence-electron chi connectivity index (χ4n) is 2.64. The molecule has 0 aromatic heterocycles. The van der Waals surface area contributed by atoms with Crippen LogP contribution in [0.3, 0.4) is 0 Å². The smallest absolute Gasteiger partial charge is 0.374 e. The van der Waals surface area contributed by atoms with E-state index in [2.05, 4.69) is 0 Å². The van der Waals surface area contributed by atoms with Crippen molar-refractivity contribution in [2.75, 3.05) is 7.11 Å². The number of methoxy groups -OCH3 is 1. The summed E-state index contributed by atoms with van der Waals surface area (Å²) in [6.07, 6.45) is -8.27. The van der Waals surface area contributed by atoms with Crippen LogP contribution < -0.4 is 0 Å². The lowest BCUT2D eigenvalue weighted by molar-refractivity contribution is -0.400. The molecule has 1 aromatic carbocycles. The lowest BCUT2D eigenvalue weighted by Gasteiger charge is -2.38. The molecule has 0 saturated carbocycles. The van der Waals surface area contributed by atoms with Gasteiger partial charge < -0.3 is 4.74 Å². The minimum absolute atomic E-state index is 0.0300. The maximum Gasteiger partial charge on any atom is 0.460 e. The van der Waals surface area contributed by atoms with E-state index in [1.54, 1.807) is 6.07 Å². The Morgan fingerprint density at radius 2 is 1.46 bits per heavy atom. The Balaban J connectivity index is 3.37. The second kappa shape index (κ2) is 7.76. The summed E-state index contributed by atoms with van der Waals surface area (Å²) in [5.41, 5.74) is -1.63. The number of halogens is 9. The molecule has 162 valence electrons. The highest BCUT2D eigenvalue weighted by molar-refractivity contribution is 5.30. The van der Waals surface area contributed by atoms with Crippen molar-refractivity contribution in [3.05, 3.63) is 35.4 Å². The SMILES string of the molecule is CCC(C)c1cccc(C(C)(CC(F)(F)C(F)(F)C(F)(F)C(F)(F)F)OC)c1. The Bertz CT molecular complexity index is 669. The van der Waals surface area contributed by atoms with Crippen LogP contribution in [-0.4, -0.2) is 31.1 Å². The second-order valence-electron chi connectivity index (χ2n) is 6.90. The zero-order chi connectivity index (χ0) is 22.2. The van der Waals surface area contributed by atoms with Crippen LogP contribution in [0.15, 0.2) is 24.3 Å². The van der Waals surface area contributed by atoms with Crippen molar-refractivity contribution in [1.82, 2.24) is 0 Å². The van der Waals surface area contributed by atoms with Crippen molar-refractivity contribution in [2.24, 2.45) is 0 Å². The van der Waals surface area contributed by atoms with E-state index in [1.165, 1.54) is 18.2 Å². The average Bonchev–Trinajstić information content (AvgIpc) is 2.59. The van der Waals surface area contributed by atoms with Gasteiger partial charge in [0, 0.05) is 7.11 Å². The van der Waals surface area contributed by atoms with Crippen LogP contribution in [0, 0.1) is 0 Å². The standard InChI is InChI=1S/C18H21F9O/c1-5-11(2)12-7-6-8-13(9-12)14(3,28-4)10-15(19,20)16(21,22)17(23,24)18(25,26)27/h6-9,11H,5,10H2,1-4H3. The Hall–Kier alpha value is -1.45. The minimum Gasteiger partial charge on any atom is -0.374 e. The maximum atomic E-state index is 14.1.